The molecule has 14 heavy (non-hydrogen) atoms. The van der Waals surface area contributed by atoms with Gasteiger partial charge in [-0.15, -0.1) is 11.3 Å². The summed E-state index contributed by atoms with van der Waals surface area (Å²) >= 11 is 1.49. The zero-order chi connectivity index (χ0) is 9.97. The number of hydrogen-bond acceptors (Lipinski definition) is 5. The average Bonchev–Trinajstić information content (AvgIpc) is 2.86. The van der Waals surface area contributed by atoms with Crippen LogP contribution in [-0.4, -0.2) is 23.1 Å². The Kier molecular flexibility index (Phi) is 2.28. The van der Waals surface area contributed by atoms with Crippen LogP contribution in [0.15, 0.2) is 22.0 Å². The third kappa shape index (κ3) is 1.51. The van der Waals surface area contributed by atoms with Crippen LogP contribution in [0, 0.1) is 0 Å². The summed E-state index contributed by atoms with van der Waals surface area (Å²) in [6.45, 7) is 0. The fraction of sp³-hybridized carbons (Fsp3) is 0.125. The van der Waals surface area contributed by atoms with E-state index in [-0.39, 0.29) is 11.8 Å². The lowest BCUT2D eigenvalue weighted by molar-refractivity contribution is 0.0919. The van der Waals surface area contributed by atoms with Gasteiger partial charge in [-0.25, -0.2) is 0 Å². The zero-order valence-corrected chi connectivity index (χ0v) is 8.17. The molecular weight excluding hydrogens is 202 g/mol. The molecule has 0 bridgehead atoms. The molecule has 1 N–H and O–H groups in total. The highest BCUT2D eigenvalue weighted by atomic mass is 32.1. The molecule has 0 aromatic carbocycles. The predicted octanol–water partition coefficient (Wildman–Crippen LogP) is 1.16. The molecule has 0 spiro atoms. The minimum Gasteiger partial charge on any atom is -0.351 e. The minimum atomic E-state index is -0.375. The van der Waals surface area contributed by atoms with Crippen molar-refractivity contribution in [3.63, 3.8) is 0 Å². The number of rotatable bonds is 2. The number of carbonyl (C=O) groups is 1. The van der Waals surface area contributed by atoms with E-state index in [9.17, 15) is 4.79 Å². The Morgan fingerprint density at radius 2 is 2.50 bits per heavy atom. The molecule has 0 aliphatic carbocycles. The van der Waals surface area contributed by atoms with E-state index in [0.717, 1.165) is 4.88 Å². The molecule has 0 radical (unpaired) electrons. The summed E-state index contributed by atoms with van der Waals surface area (Å²) in [7, 11) is 1.51. The largest absolute Gasteiger partial charge is 0.351 e. The van der Waals surface area contributed by atoms with Crippen molar-refractivity contribution in [1.29, 1.82) is 0 Å². The van der Waals surface area contributed by atoms with Crippen LogP contribution < -0.4 is 5.32 Å². The monoisotopic (exact) mass is 209 g/mol. The lowest BCUT2D eigenvalue weighted by Crippen LogP contribution is -2.17. The third-order valence-electron chi connectivity index (χ3n) is 1.59. The van der Waals surface area contributed by atoms with Crippen molar-refractivity contribution in [1.82, 2.24) is 15.5 Å². The lowest BCUT2D eigenvalue weighted by Gasteiger charge is -1.87. The molecule has 0 saturated heterocycles. The Labute approximate surface area is 83.8 Å². The van der Waals surface area contributed by atoms with Crippen LogP contribution in [0.3, 0.4) is 0 Å². The fourth-order valence-corrected chi connectivity index (χ4v) is 1.58. The van der Waals surface area contributed by atoms with Gasteiger partial charge >= 0.3 is 11.8 Å². The van der Waals surface area contributed by atoms with Gasteiger partial charge < -0.3 is 9.84 Å². The van der Waals surface area contributed by atoms with Crippen LogP contribution in [0.1, 0.15) is 10.7 Å². The molecule has 5 nitrogen and oxygen atoms in total. The van der Waals surface area contributed by atoms with Crippen LogP contribution in [0.5, 0.6) is 0 Å². The summed E-state index contributed by atoms with van der Waals surface area (Å²) < 4.78 is 4.77. The van der Waals surface area contributed by atoms with Gasteiger partial charge in [0.1, 0.15) is 0 Å². The summed E-state index contributed by atoms with van der Waals surface area (Å²) in [5, 5.41) is 8.01. The van der Waals surface area contributed by atoms with E-state index in [4.69, 9.17) is 4.52 Å². The predicted molar refractivity (Wildman–Crippen MR) is 51.0 cm³/mol. The van der Waals surface area contributed by atoms with Gasteiger partial charge in [0.25, 0.3) is 0 Å². The highest BCUT2D eigenvalue weighted by Gasteiger charge is 2.14. The van der Waals surface area contributed by atoms with Crippen LogP contribution in [0.2, 0.25) is 0 Å². The molecule has 6 heteroatoms. The van der Waals surface area contributed by atoms with Gasteiger partial charge in [0.2, 0.25) is 5.82 Å². The van der Waals surface area contributed by atoms with Crippen molar-refractivity contribution in [3.05, 3.63) is 23.4 Å². The second-order valence-corrected chi connectivity index (χ2v) is 3.43. The zero-order valence-electron chi connectivity index (χ0n) is 7.35. The summed E-state index contributed by atoms with van der Waals surface area (Å²) in [5.41, 5.74) is 0. The first kappa shape index (κ1) is 8.89. The maximum Gasteiger partial charge on any atom is 0.316 e. The number of aromatic nitrogens is 2. The van der Waals surface area contributed by atoms with E-state index >= 15 is 0 Å². The first-order valence-corrected chi connectivity index (χ1v) is 4.79. The number of thiophene rings is 1. The molecule has 0 atom stereocenters. The fourth-order valence-electron chi connectivity index (χ4n) is 0.929. The maximum absolute atomic E-state index is 11.1. The second kappa shape index (κ2) is 3.59. The van der Waals surface area contributed by atoms with E-state index in [1.807, 2.05) is 17.5 Å². The van der Waals surface area contributed by atoms with Crippen molar-refractivity contribution >= 4 is 17.2 Å². The summed E-state index contributed by atoms with van der Waals surface area (Å²) in [6.07, 6.45) is 0. The molecule has 2 aromatic heterocycles. The van der Waals surface area contributed by atoms with E-state index in [2.05, 4.69) is 15.5 Å². The summed E-state index contributed by atoms with van der Waals surface area (Å²) in [4.78, 5) is 15.9. The minimum absolute atomic E-state index is 0.0177. The van der Waals surface area contributed by atoms with Crippen LogP contribution in [0.25, 0.3) is 10.7 Å². The average molecular weight is 209 g/mol. The molecule has 1 amide bonds. The molecule has 2 rings (SSSR count). The van der Waals surface area contributed by atoms with Crippen molar-refractivity contribution < 1.29 is 9.32 Å². The van der Waals surface area contributed by atoms with Gasteiger partial charge in [0.05, 0.1) is 4.88 Å². The van der Waals surface area contributed by atoms with Gasteiger partial charge in [0.15, 0.2) is 0 Å². The van der Waals surface area contributed by atoms with Crippen LogP contribution >= 0.6 is 11.3 Å². The smallest absolute Gasteiger partial charge is 0.316 e. The van der Waals surface area contributed by atoms with E-state index in [1.54, 1.807) is 0 Å². The first-order valence-electron chi connectivity index (χ1n) is 3.91. The molecule has 0 saturated carbocycles. The first-order chi connectivity index (χ1) is 6.81. The Hall–Kier alpha value is -1.69. The molecular formula is C8H7N3O2S. The Morgan fingerprint density at radius 1 is 1.64 bits per heavy atom. The number of carbonyl (C=O) groups excluding carboxylic acids is 1. The van der Waals surface area contributed by atoms with Crippen LogP contribution in [0.4, 0.5) is 0 Å². The third-order valence-corrected chi connectivity index (χ3v) is 2.45. The van der Waals surface area contributed by atoms with Gasteiger partial charge in [0, 0.05) is 7.05 Å². The van der Waals surface area contributed by atoms with Crippen molar-refractivity contribution in [2.75, 3.05) is 7.05 Å². The van der Waals surface area contributed by atoms with E-state index < -0.39 is 0 Å². The molecule has 2 heterocycles. The number of nitrogens with one attached hydrogen (secondary N) is 1. The summed E-state index contributed by atoms with van der Waals surface area (Å²) in [6, 6.07) is 3.75. The molecule has 0 unspecified atom stereocenters. The SMILES string of the molecule is CNC(=O)c1nc(-c2cccs2)no1. The normalized spacial score (nSPS) is 10.1. The Morgan fingerprint density at radius 3 is 3.14 bits per heavy atom. The molecule has 0 fully saturated rings. The van der Waals surface area contributed by atoms with Gasteiger partial charge in [-0.3, -0.25) is 4.79 Å². The van der Waals surface area contributed by atoms with Crippen LogP contribution in [-0.2, 0) is 0 Å². The van der Waals surface area contributed by atoms with Gasteiger partial charge in [-0.05, 0) is 11.4 Å². The van der Waals surface area contributed by atoms with Gasteiger partial charge in [-0.1, -0.05) is 11.2 Å². The Balaban J connectivity index is 2.31. The summed E-state index contributed by atoms with van der Waals surface area (Å²) in [5.74, 6) is 0.0507. The lowest BCUT2D eigenvalue weighted by atomic mass is 10.4. The quantitative estimate of drug-likeness (QED) is 0.805. The van der Waals surface area contributed by atoms with E-state index in [0.29, 0.717) is 5.82 Å². The number of nitrogens with zero attached hydrogens (tertiary/aromatic N) is 2. The molecule has 2 aromatic rings. The van der Waals surface area contributed by atoms with Crippen molar-refractivity contribution in [2.45, 2.75) is 0 Å². The number of hydrogen-bond donors (Lipinski definition) is 1. The van der Waals surface area contributed by atoms with Crippen molar-refractivity contribution in [3.8, 4) is 10.7 Å². The number of amides is 1. The Bertz CT molecular complexity index is 435. The molecule has 72 valence electrons. The maximum atomic E-state index is 11.1. The molecule has 0 aliphatic rings. The topological polar surface area (TPSA) is 68.0 Å². The highest BCUT2D eigenvalue weighted by molar-refractivity contribution is 7.13. The van der Waals surface area contributed by atoms with Gasteiger partial charge in [-0.2, -0.15) is 4.98 Å². The standard InChI is InChI=1S/C8H7N3O2S/c1-9-7(12)8-10-6(11-13-8)5-3-2-4-14-5/h2-4H,1H3,(H,9,12). The highest BCUT2D eigenvalue weighted by Crippen LogP contribution is 2.20. The second-order valence-electron chi connectivity index (χ2n) is 2.48. The molecule has 0 aliphatic heterocycles. The van der Waals surface area contributed by atoms with E-state index in [1.165, 1.54) is 18.4 Å². The van der Waals surface area contributed by atoms with Crippen molar-refractivity contribution in [2.24, 2.45) is 0 Å².